The van der Waals surface area contributed by atoms with E-state index in [4.69, 9.17) is 4.74 Å². The Bertz CT molecular complexity index is 421. The van der Waals surface area contributed by atoms with Crippen molar-refractivity contribution >= 4 is 11.7 Å². The third-order valence-corrected chi connectivity index (χ3v) is 4.04. The van der Waals surface area contributed by atoms with Gasteiger partial charge in [-0.2, -0.15) is 0 Å². The average Bonchev–Trinajstić information content (AvgIpc) is 2.48. The molecule has 2 rings (SSSR count). The summed E-state index contributed by atoms with van der Waals surface area (Å²) < 4.78 is 5.25. The van der Waals surface area contributed by atoms with Crippen molar-refractivity contribution in [2.75, 3.05) is 11.9 Å². The van der Waals surface area contributed by atoms with Gasteiger partial charge in [-0.15, -0.1) is 0 Å². The van der Waals surface area contributed by atoms with Crippen molar-refractivity contribution in [1.82, 2.24) is 0 Å². The van der Waals surface area contributed by atoms with Crippen LogP contribution >= 0.6 is 0 Å². The molecule has 3 nitrogen and oxygen atoms in total. The lowest BCUT2D eigenvalue weighted by atomic mass is 9.83. The smallest absolute Gasteiger partial charge is 0.328 e. The second-order valence-corrected chi connectivity index (χ2v) is 5.64. The minimum absolute atomic E-state index is 0.111. The predicted molar refractivity (Wildman–Crippen MR) is 81.8 cm³/mol. The molecule has 1 N–H and O–H groups in total. The van der Waals surface area contributed by atoms with E-state index in [9.17, 15) is 4.79 Å². The average molecular weight is 275 g/mol. The van der Waals surface area contributed by atoms with Crippen LogP contribution in [0.15, 0.2) is 24.3 Å². The third-order valence-electron chi connectivity index (χ3n) is 4.04. The first-order valence-corrected chi connectivity index (χ1v) is 7.70. The maximum absolute atomic E-state index is 12.2. The van der Waals surface area contributed by atoms with E-state index in [2.05, 4.69) is 24.4 Å². The number of nitrogens with one attached hydrogen (secondary N) is 1. The molecule has 0 bridgehead atoms. The fraction of sp³-hybridized carbons (Fsp3) is 0.588. The van der Waals surface area contributed by atoms with Gasteiger partial charge in [0, 0.05) is 5.69 Å². The molecule has 1 unspecified atom stereocenters. The van der Waals surface area contributed by atoms with Crippen molar-refractivity contribution in [2.45, 2.75) is 52.0 Å². The number of hydrogen-bond donors (Lipinski definition) is 1. The number of benzene rings is 1. The van der Waals surface area contributed by atoms with Crippen molar-refractivity contribution < 1.29 is 9.53 Å². The molecule has 0 saturated heterocycles. The summed E-state index contributed by atoms with van der Waals surface area (Å²) in [7, 11) is 0. The number of carbonyl (C=O) groups is 1. The van der Waals surface area contributed by atoms with Crippen LogP contribution in [0.2, 0.25) is 0 Å². The monoisotopic (exact) mass is 275 g/mol. The predicted octanol–water partition coefficient (Wildman–Crippen LogP) is 3.92. The maximum atomic E-state index is 12.2. The fourth-order valence-corrected chi connectivity index (χ4v) is 2.90. The van der Waals surface area contributed by atoms with Crippen molar-refractivity contribution in [1.29, 1.82) is 0 Å². The van der Waals surface area contributed by atoms with Crippen molar-refractivity contribution in [3.8, 4) is 0 Å². The highest BCUT2D eigenvalue weighted by molar-refractivity contribution is 5.79. The van der Waals surface area contributed by atoms with Gasteiger partial charge in [-0.3, -0.25) is 0 Å². The Hall–Kier alpha value is -1.51. The number of rotatable bonds is 5. The minimum Gasteiger partial charge on any atom is -0.464 e. The van der Waals surface area contributed by atoms with Gasteiger partial charge in [0.25, 0.3) is 0 Å². The molecule has 0 amide bonds. The van der Waals surface area contributed by atoms with Crippen molar-refractivity contribution in [2.24, 2.45) is 5.92 Å². The summed E-state index contributed by atoms with van der Waals surface area (Å²) in [5, 5.41) is 3.39. The summed E-state index contributed by atoms with van der Waals surface area (Å²) in [6.07, 6.45) is 5.95. The number of ether oxygens (including phenoxy) is 1. The lowest BCUT2D eigenvalue weighted by Gasteiger charge is -2.30. The lowest BCUT2D eigenvalue weighted by molar-refractivity contribution is -0.145. The highest BCUT2D eigenvalue weighted by atomic mass is 16.5. The van der Waals surface area contributed by atoms with E-state index < -0.39 is 0 Å². The zero-order chi connectivity index (χ0) is 14.4. The van der Waals surface area contributed by atoms with Crippen LogP contribution < -0.4 is 5.32 Å². The standard InChI is InChI=1S/C17H25NO2/c1-3-20-17(19)16(14-7-5-4-6-8-14)18-15-11-9-13(2)10-12-15/h9-12,14,16,18H,3-8H2,1-2H3. The number of anilines is 1. The Morgan fingerprint density at radius 1 is 1.25 bits per heavy atom. The van der Waals surface area contributed by atoms with Gasteiger partial charge in [-0.25, -0.2) is 4.79 Å². The summed E-state index contributed by atoms with van der Waals surface area (Å²) >= 11 is 0. The first-order chi connectivity index (χ1) is 9.70. The first kappa shape index (κ1) is 14.9. The van der Waals surface area contributed by atoms with Gasteiger partial charge in [0.2, 0.25) is 0 Å². The number of esters is 1. The van der Waals surface area contributed by atoms with E-state index in [0.29, 0.717) is 12.5 Å². The molecule has 1 aromatic carbocycles. The van der Waals surface area contributed by atoms with Crippen molar-refractivity contribution in [3.05, 3.63) is 29.8 Å². The molecule has 110 valence electrons. The Morgan fingerprint density at radius 2 is 1.90 bits per heavy atom. The summed E-state index contributed by atoms with van der Waals surface area (Å²) in [4.78, 5) is 12.2. The van der Waals surface area contributed by atoms with Crippen LogP contribution in [-0.2, 0) is 9.53 Å². The van der Waals surface area contributed by atoms with E-state index in [1.54, 1.807) is 0 Å². The van der Waals surface area contributed by atoms with Gasteiger partial charge < -0.3 is 10.1 Å². The van der Waals surface area contributed by atoms with E-state index >= 15 is 0 Å². The zero-order valence-electron chi connectivity index (χ0n) is 12.5. The van der Waals surface area contributed by atoms with Crippen molar-refractivity contribution in [3.63, 3.8) is 0 Å². The van der Waals surface area contributed by atoms with Crippen LogP contribution in [0, 0.1) is 12.8 Å². The van der Waals surface area contributed by atoms with Crippen LogP contribution in [-0.4, -0.2) is 18.6 Å². The zero-order valence-corrected chi connectivity index (χ0v) is 12.5. The Labute approximate surface area is 121 Å². The number of aryl methyl sites for hydroxylation is 1. The lowest BCUT2D eigenvalue weighted by Crippen LogP contribution is -2.39. The highest BCUT2D eigenvalue weighted by Crippen LogP contribution is 2.29. The molecule has 1 aliphatic carbocycles. The van der Waals surface area contributed by atoms with Crippen LogP contribution in [0.5, 0.6) is 0 Å². The summed E-state index contributed by atoms with van der Waals surface area (Å²) in [5.74, 6) is 0.282. The van der Waals surface area contributed by atoms with Gasteiger partial charge in [-0.1, -0.05) is 37.0 Å². The first-order valence-electron chi connectivity index (χ1n) is 7.70. The van der Waals surface area contributed by atoms with Gasteiger partial charge in [-0.05, 0) is 44.7 Å². The maximum Gasteiger partial charge on any atom is 0.328 e. The molecule has 0 spiro atoms. The third kappa shape index (κ3) is 3.99. The van der Waals surface area contributed by atoms with Crippen LogP contribution in [0.3, 0.4) is 0 Å². The molecule has 0 radical (unpaired) electrons. The van der Waals surface area contributed by atoms with Gasteiger partial charge >= 0.3 is 5.97 Å². The van der Waals surface area contributed by atoms with Crippen LogP contribution in [0.4, 0.5) is 5.69 Å². The van der Waals surface area contributed by atoms with E-state index in [1.807, 2.05) is 19.1 Å². The molecule has 0 heterocycles. The second-order valence-electron chi connectivity index (χ2n) is 5.64. The SMILES string of the molecule is CCOC(=O)C(Nc1ccc(C)cc1)C1CCCCC1. The molecule has 1 fully saturated rings. The molecule has 1 saturated carbocycles. The summed E-state index contributed by atoms with van der Waals surface area (Å²) in [6, 6.07) is 7.98. The van der Waals surface area contributed by atoms with E-state index in [1.165, 1.54) is 24.8 Å². The van der Waals surface area contributed by atoms with Crippen LogP contribution in [0.25, 0.3) is 0 Å². The molecular formula is C17H25NO2. The Kier molecular flexibility index (Phi) is 5.45. The quantitative estimate of drug-likeness (QED) is 0.828. The Balaban J connectivity index is 2.08. The number of carbonyl (C=O) groups excluding carboxylic acids is 1. The molecule has 0 aromatic heterocycles. The molecule has 1 aromatic rings. The molecule has 3 heteroatoms. The summed E-state index contributed by atoms with van der Waals surface area (Å²) in [6.45, 7) is 4.37. The molecule has 1 aliphatic rings. The molecule has 0 aliphatic heterocycles. The van der Waals surface area contributed by atoms with Gasteiger partial charge in [0.15, 0.2) is 0 Å². The second kappa shape index (κ2) is 7.32. The van der Waals surface area contributed by atoms with E-state index in [0.717, 1.165) is 18.5 Å². The largest absolute Gasteiger partial charge is 0.464 e. The molecular weight excluding hydrogens is 250 g/mol. The minimum atomic E-state index is -0.210. The fourth-order valence-electron chi connectivity index (χ4n) is 2.90. The van der Waals surface area contributed by atoms with Gasteiger partial charge in [0.05, 0.1) is 6.61 Å². The highest BCUT2D eigenvalue weighted by Gasteiger charge is 2.30. The Morgan fingerprint density at radius 3 is 2.50 bits per heavy atom. The molecule has 1 atom stereocenters. The normalized spacial score (nSPS) is 17.5. The van der Waals surface area contributed by atoms with E-state index in [-0.39, 0.29) is 12.0 Å². The number of hydrogen-bond acceptors (Lipinski definition) is 3. The van der Waals surface area contributed by atoms with Crippen LogP contribution in [0.1, 0.15) is 44.6 Å². The topological polar surface area (TPSA) is 38.3 Å². The molecule has 20 heavy (non-hydrogen) atoms. The summed E-state index contributed by atoms with van der Waals surface area (Å²) in [5.41, 5.74) is 2.22. The van der Waals surface area contributed by atoms with Gasteiger partial charge in [0.1, 0.15) is 6.04 Å².